The molecule has 1 amide bonds. The Balaban J connectivity index is 2.12. The van der Waals surface area contributed by atoms with Gasteiger partial charge in [0.05, 0.1) is 20.3 Å². The minimum atomic E-state index is -0.399. The number of H-pyrrole nitrogens is 1. The smallest absolute Gasteiger partial charge is 0.266 e. The molecule has 2 aromatic rings. The Kier molecular flexibility index (Phi) is 6.83. The number of nitrogens with zero attached hydrogens (tertiary/aromatic N) is 1. The van der Waals surface area contributed by atoms with Crippen molar-refractivity contribution in [2.45, 2.75) is 39.7 Å². The molecule has 1 aromatic heterocycles. The molecule has 7 nitrogen and oxygen atoms in total. The Morgan fingerprint density at radius 1 is 1.29 bits per heavy atom. The first-order valence-corrected chi connectivity index (χ1v) is 8.96. The largest absolute Gasteiger partial charge is 0.497 e. The molecule has 0 bridgehead atoms. The van der Waals surface area contributed by atoms with Crippen molar-refractivity contribution in [3.8, 4) is 17.6 Å². The number of hydrogen-bond acceptors (Lipinski definition) is 5. The first-order valence-electron chi connectivity index (χ1n) is 8.96. The third-order valence-electron chi connectivity index (χ3n) is 4.80. The second kappa shape index (κ2) is 9.09. The second-order valence-corrected chi connectivity index (χ2v) is 6.57. The molecule has 0 saturated heterocycles. The maximum absolute atomic E-state index is 12.5. The van der Waals surface area contributed by atoms with Crippen LogP contribution in [0.3, 0.4) is 0 Å². The molecular formula is C21H25N3O4. The predicted molar refractivity (Wildman–Crippen MR) is 106 cm³/mol. The lowest BCUT2D eigenvalue weighted by Crippen LogP contribution is -2.27. The number of benzene rings is 1. The van der Waals surface area contributed by atoms with Gasteiger partial charge in [-0.2, -0.15) is 5.26 Å². The van der Waals surface area contributed by atoms with Gasteiger partial charge in [-0.3, -0.25) is 9.59 Å². The number of carbonyl (C=O) groups excluding carboxylic acids is 1. The van der Waals surface area contributed by atoms with Crippen molar-refractivity contribution in [2.75, 3.05) is 14.2 Å². The molecule has 0 aliphatic carbocycles. The second-order valence-electron chi connectivity index (χ2n) is 6.57. The molecule has 28 heavy (non-hydrogen) atoms. The van der Waals surface area contributed by atoms with Crippen LogP contribution in [0.25, 0.3) is 0 Å². The zero-order chi connectivity index (χ0) is 20.8. The van der Waals surface area contributed by atoms with Gasteiger partial charge < -0.3 is 19.8 Å². The highest BCUT2D eigenvalue weighted by atomic mass is 16.5. The number of aromatic nitrogens is 1. The van der Waals surface area contributed by atoms with Crippen molar-refractivity contribution in [3.63, 3.8) is 0 Å². The fourth-order valence-electron chi connectivity index (χ4n) is 3.23. The molecule has 1 unspecified atom stereocenters. The van der Waals surface area contributed by atoms with Gasteiger partial charge >= 0.3 is 0 Å². The summed E-state index contributed by atoms with van der Waals surface area (Å²) in [7, 11) is 3.16. The van der Waals surface area contributed by atoms with Crippen molar-refractivity contribution >= 4 is 5.91 Å². The van der Waals surface area contributed by atoms with Gasteiger partial charge in [0.2, 0.25) is 5.91 Å². The van der Waals surface area contributed by atoms with Gasteiger partial charge in [-0.15, -0.1) is 0 Å². The minimum absolute atomic E-state index is 0.0930. The first-order chi connectivity index (χ1) is 13.3. The highest BCUT2D eigenvalue weighted by molar-refractivity contribution is 5.77. The normalized spacial score (nSPS) is 11.4. The fraction of sp³-hybridized carbons (Fsp3) is 0.381. The number of methoxy groups -OCH3 is 2. The van der Waals surface area contributed by atoms with E-state index in [0.717, 1.165) is 11.1 Å². The van der Waals surface area contributed by atoms with Crippen LogP contribution in [-0.4, -0.2) is 25.1 Å². The summed E-state index contributed by atoms with van der Waals surface area (Å²) in [5, 5.41) is 12.1. The maximum atomic E-state index is 12.5. The molecule has 1 aromatic carbocycles. The van der Waals surface area contributed by atoms with Crippen LogP contribution in [0.1, 0.15) is 47.3 Å². The van der Waals surface area contributed by atoms with Crippen LogP contribution in [0.4, 0.5) is 0 Å². The SMILES string of the molecule is COc1ccc(OC)c(C(C)NC(=O)CCc2c(C)[nH]c(=O)c(C#N)c2C)c1. The van der Waals surface area contributed by atoms with Gasteiger partial charge in [-0.05, 0) is 56.5 Å². The van der Waals surface area contributed by atoms with Gasteiger partial charge in [-0.1, -0.05) is 0 Å². The topological polar surface area (TPSA) is 104 Å². The van der Waals surface area contributed by atoms with Crippen LogP contribution < -0.4 is 20.3 Å². The number of nitriles is 1. The highest BCUT2D eigenvalue weighted by Gasteiger charge is 2.17. The lowest BCUT2D eigenvalue weighted by Gasteiger charge is -2.18. The van der Waals surface area contributed by atoms with Gasteiger partial charge in [0.1, 0.15) is 23.1 Å². The number of nitrogens with one attached hydrogen (secondary N) is 2. The van der Waals surface area contributed by atoms with E-state index >= 15 is 0 Å². The minimum Gasteiger partial charge on any atom is -0.497 e. The number of hydrogen-bond donors (Lipinski definition) is 2. The van der Waals surface area contributed by atoms with Crippen LogP contribution >= 0.6 is 0 Å². The number of ether oxygens (including phenoxy) is 2. The third-order valence-corrected chi connectivity index (χ3v) is 4.80. The van der Waals surface area contributed by atoms with Crippen LogP contribution in [0.15, 0.2) is 23.0 Å². The molecule has 0 spiro atoms. The molecule has 2 N–H and O–H groups in total. The summed E-state index contributed by atoms with van der Waals surface area (Å²) >= 11 is 0. The summed E-state index contributed by atoms with van der Waals surface area (Å²) in [5.41, 5.74) is 2.63. The van der Waals surface area contributed by atoms with Crippen molar-refractivity contribution in [2.24, 2.45) is 0 Å². The number of carbonyl (C=O) groups is 1. The van der Waals surface area contributed by atoms with Crippen LogP contribution in [0.2, 0.25) is 0 Å². The molecule has 0 fully saturated rings. The predicted octanol–water partition coefficient (Wildman–Crippen LogP) is 2.69. The van der Waals surface area contributed by atoms with Gasteiger partial charge in [0, 0.05) is 17.7 Å². The van der Waals surface area contributed by atoms with Gasteiger partial charge in [-0.25, -0.2) is 0 Å². The standard InChI is InChI=1S/C21H25N3O4/c1-12-16(13(2)24-21(26)18(12)11-22)7-9-20(25)23-14(3)17-10-15(27-4)6-8-19(17)28-5/h6,8,10,14H,7,9H2,1-5H3,(H,23,25)(H,24,26). The van der Waals surface area contributed by atoms with Crippen LogP contribution in [0, 0.1) is 25.2 Å². The molecule has 148 valence electrons. The summed E-state index contributed by atoms with van der Waals surface area (Å²) in [5.74, 6) is 1.21. The lowest BCUT2D eigenvalue weighted by molar-refractivity contribution is -0.121. The average Bonchev–Trinajstić information content (AvgIpc) is 2.67. The van der Waals surface area contributed by atoms with E-state index in [1.165, 1.54) is 0 Å². The molecule has 0 aliphatic heterocycles. The van der Waals surface area contributed by atoms with E-state index in [0.29, 0.717) is 29.2 Å². The van der Waals surface area contributed by atoms with Gasteiger partial charge in [0.15, 0.2) is 0 Å². The summed E-state index contributed by atoms with van der Waals surface area (Å²) in [6.07, 6.45) is 0.659. The van der Waals surface area contributed by atoms with E-state index in [2.05, 4.69) is 10.3 Å². The summed E-state index contributed by atoms with van der Waals surface area (Å²) in [6.45, 7) is 5.38. The molecular weight excluding hydrogens is 358 g/mol. The Bertz CT molecular complexity index is 973. The zero-order valence-corrected chi connectivity index (χ0v) is 16.8. The van der Waals surface area contributed by atoms with Gasteiger partial charge in [0.25, 0.3) is 5.56 Å². The van der Waals surface area contributed by atoms with E-state index in [4.69, 9.17) is 14.7 Å². The van der Waals surface area contributed by atoms with E-state index in [9.17, 15) is 9.59 Å². The fourth-order valence-corrected chi connectivity index (χ4v) is 3.23. The molecule has 0 aliphatic rings. The van der Waals surface area contributed by atoms with E-state index < -0.39 is 5.56 Å². The number of rotatable bonds is 7. The number of pyridine rings is 1. The summed E-state index contributed by atoms with van der Waals surface area (Å²) < 4.78 is 10.6. The number of aromatic amines is 1. The molecule has 7 heteroatoms. The Morgan fingerprint density at radius 2 is 2.00 bits per heavy atom. The lowest BCUT2D eigenvalue weighted by atomic mass is 9.98. The van der Waals surface area contributed by atoms with Crippen LogP contribution in [-0.2, 0) is 11.2 Å². The maximum Gasteiger partial charge on any atom is 0.266 e. The Labute approximate surface area is 164 Å². The number of aryl methyl sites for hydroxylation is 1. The molecule has 1 heterocycles. The molecule has 0 radical (unpaired) electrons. The first kappa shape index (κ1) is 21.0. The van der Waals surface area contributed by atoms with Crippen LogP contribution in [0.5, 0.6) is 11.5 Å². The quantitative estimate of drug-likeness (QED) is 0.765. The Hall–Kier alpha value is -3.27. The highest BCUT2D eigenvalue weighted by Crippen LogP contribution is 2.29. The molecule has 0 saturated carbocycles. The molecule has 2 rings (SSSR count). The van der Waals surface area contributed by atoms with E-state index in [1.54, 1.807) is 40.2 Å². The van der Waals surface area contributed by atoms with E-state index in [1.807, 2.05) is 19.1 Å². The monoisotopic (exact) mass is 383 g/mol. The molecule has 1 atom stereocenters. The van der Waals surface area contributed by atoms with Crippen molar-refractivity contribution in [1.29, 1.82) is 5.26 Å². The van der Waals surface area contributed by atoms with E-state index in [-0.39, 0.29) is 23.9 Å². The zero-order valence-electron chi connectivity index (χ0n) is 16.8. The van der Waals surface area contributed by atoms with Crippen molar-refractivity contribution < 1.29 is 14.3 Å². The summed E-state index contributed by atoms with van der Waals surface area (Å²) in [4.78, 5) is 27.0. The number of amides is 1. The average molecular weight is 383 g/mol. The Morgan fingerprint density at radius 3 is 2.61 bits per heavy atom. The summed E-state index contributed by atoms with van der Waals surface area (Å²) in [6, 6.07) is 7.08. The van der Waals surface area contributed by atoms with Crippen molar-refractivity contribution in [3.05, 3.63) is 56.5 Å². The third kappa shape index (κ3) is 4.52. The van der Waals surface area contributed by atoms with Crippen molar-refractivity contribution in [1.82, 2.24) is 10.3 Å².